The number of fused-ring (bicyclic) bond motifs is 2. The molecule has 0 spiro atoms. The van der Waals surface area contributed by atoms with E-state index >= 15 is 0 Å². The van der Waals surface area contributed by atoms with E-state index in [0.717, 1.165) is 55.6 Å². The summed E-state index contributed by atoms with van der Waals surface area (Å²) < 4.78 is 5.41. The van der Waals surface area contributed by atoms with Crippen LogP contribution in [-0.2, 0) is 5.41 Å². The van der Waals surface area contributed by atoms with Crippen molar-refractivity contribution in [2.45, 2.75) is 26.2 Å². The van der Waals surface area contributed by atoms with E-state index in [-0.39, 0.29) is 5.41 Å². The lowest BCUT2D eigenvalue weighted by Crippen LogP contribution is -2.19. The summed E-state index contributed by atoms with van der Waals surface area (Å²) in [6.07, 6.45) is 0. The lowest BCUT2D eigenvalue weighted by Gasteiger charge is -2.27. The standard InChI is InChI=1S/C47H38N2O/c1-31-15-17-34(18-16-31)45-29-39(32-11-7-5-8-12-32)41-27-36(21-25-43(41)48-45)47(2,3)37-22-26-44-42(28-37)40(33-13-9-6-10-14-33)30-46(49-44)35-19-23-38(50-4)24-20-35/h5-30H,1-4H3. The zero-order chi connectivity index (χ0) is 34.2. The van der Waals surface area contributed by atoms with Crippen molar-refractivity contribution in [3.63, 3.8) is 0 Å². The second-order valence-electron chi connectivity index (χ2n) is 13.5. The lowest BCUT2D eigenvalue weighted by molar-refractivity contribution is 0.415. The number of methoxy groups -OCH3 is 1. The van der Waals surface area contributed by atoms with Crippen molar-refractivity contribution in [1.29, 1.82) is 0 Å². The molecule has 2 aromatic heterocycles. The molecule has 8 rings (SSSR count). The Balaban J connectivity index is 1.26. The molecule has 0 amide bonds. The highest BCUT2D eigenvalue weighted by atomic mass is 16.5. The molecule has 242 valence electrons. The van der Waals surface area contributed by atoms with E-state index < -0.39 is 0 Å². The Labute approximate surface area is 293 Å². The number of ether oxygens (including phenoxy) is 1. The minimum atomic E-state index is -0.297. The maximum Gasteiger partial charge on any atom is 0.118 e. The van der Waals surface area contributed by atoms with Gasteiger partial charge in [0.05, 0.1) is 29.5 Å². The van der Waals surface area contributed by atoms with E-state index in [2.05, 4.69) is 166 Å². The van der Waals surface area contributed by atoms with Gasteiger partial charge in [-0.3, -0.25) is 0 Å². The Morgan fingerprint density at radius 2 is 0.900 bits per heavy atom. The van der Waals surface area contributed by atoms with Gasteiger partial charge in [0.15, 0.2) is 0 Å². The zero-order valence-electron chi connectivity index (χ0n) is 28.8. The quantitative estimate of drug-likeness (QED) is 0.173. The van der Waals surface area contributed by atoms with Crippen LogP contribution < -0.4 is 4.74 Å². The summed E-state index contributed by atoms with van der Waals surface area (Å²) >= 11 is 0. The third kappa shape index (κ3) is 5.82. The average Bonchev–Trinajstić information content (AvgIpc) is 3.17. The minimum absolute atomic E-state index is 0.297. The van der Waals surface area contributed by atoms with Crippen LogP contribution in [0, 0.1) is 6.92 Å². The van der Waals surface area contributed by atoms with Gasteiger partial charge in [-0.1, -0.05) is 116 Å². The van der Waals surface area contributed by atoms with Crippen LogP contribution in [-0.4, -0.2) is 17.1 Å². The predicted molar refractivity (Wildman–Crippen MR) is 209 cm³/mol. The van der Waals surface area contributed by atoms with Gasteiger partial charge in [-0.25, -0.2) is 9.97 Å². The number of rotatable bonds is 7. The molecule has 8 aromatic rings. The normalized spacial score (nSPS) is 11.6. The van der Waals surface area contributed by atoms with Crippen LogP contribution in [0.25, 0.3) is 66.6 Å². The molecule has 3 nitrogen and oxygen atoms in total. The molecular weight excluding hydrogens is 609 g/mol. The zero-order valence-corrected chi connectivity index (χ0v) is 28.8. The van der Waals surface area contributed by atoms with E-state index in [1.165, 1.54) is 33.4 Å². The lowest BCUT2D eigenvalue weighted by atomic mass is 9.76. The number of pyridine rings is 2. The van der Waals surface area contributed by atoms with E-state index in [0.29, 0.717) is 0 Å². The third-order valence-corrected chi connectivity index (χ3v) is 9.96. The van der Waals surface area contributed by atoms with E-state index in [1.54, 1.807) is 7.11 Å². The first-order chi connectivity index (χ1) is 24.4. The fraction of sp³-hybridized carbons (Fsp3) is 0.106. The summed E-state index contributed by atoms with van der Waals surface area (Å²) in [6.45, 7) is 6.74. The second kappa shape index (κ2) is 12.8. The maximum atomic E-state index is 5.41. The molecule has 2 heterocycles. The summed E-state index contributed by atoms with van der Waals surface area (Å²) in [6, 6.07) is 56.0. The van der Waals surface area contributed by atoms with Gasteiger partial charge in [-0.2, -0.15) is 0 Å². The summed E-state index contributed by atoms with van der Waals surface area (Å²) in [5, 5.41) is 2.28. The highest BCUT2D eigenvalue weighted by molar-refractivity contribution is 5.99. The van der Waals surface area contributed by atoms with E-state index in [4.69, 9.17) is 14.7 Å². The second-order valence-corrected chi connectivity index (χ2v) is 13.5. The molecule has 50 heavy (non-hydrogen) atoms. The summed E-state index contributed by atoms with van der Waals surface area (Å²) in [4.78, 5) is 10.3. The summed E-state index contributed by atoms with van der Waals surface area (Å²) in [5.74, 6) is 0.830. The van der Waals surface area contributed by atoms with Crippen molar-refractivity contribution in [3.05, 3.63) is 174 Å². The summed E-state index contributed by atoms with van der Waals surface area (Å²) in [5.41, 5.74) is 14.1. The summed E-state index contributed by atoms with van der Waals surface area (Å²) in [7, 11) is 1.69. The van der Waals surface area contributed by atoms with Gasteiger partial charge >= 0.3 is 0 Å². The first kappa shape index (κ1) is 31.2. The van der Waals surface area contributed by atoms with Gasteiger partial charge in [0, 0.05) is 27.3 Å². The average molecular weight is 647 g/mol. The highest BCUT2D eigenvalue weighted by Gasteiger charge is 2.25. The van der Waals surface area contributed by atoms with Crippen molar-refractivity contribution < 1.29 is 4.74 Å². The Bertz CT molecular complexity index is 2470. The van der Waals surface area contributed by atoms with Gasteiger partial charge in [-0.15, -0.1) is 0 Å². The van der Waals surface area contributed by atoms with Gasteiger partial charge in [0.2, 0.25) is 0 Å². The van der Waals surface area contributed by atoms with Gasteiger partial charge in [-0.05, 0) is 101 Å². The molecule has 0 fully saturated rings. The van der Waals surface area contributed by atoms with Gasteiger partial charge in [0.1, 0.15) is 5.75 Å². The smallest absolute Gasteiger partial charge is 0.118 e. The molecule has 0 aliphatic rings. The fourth-order valence-electron chi connectivity index (χ4n) is 6.89. The van der Waals surface area contributed by atoms with Crippen LogP contribution in [0.5, 0.6) is 5.75 Å². The van der Waals surface area contributed by atoms with Crippen molar-refractivity contribution in [3.8, 4) is 50.5 Å². The first-order valence-electron chi connectivity index (χ1n) is 17.1. The van der Waals surface area contributed by atoms with E-state index in [1.807, 2.05) is 12.1 Å². The monoisotopic (exact) mass is 646 g/mol. The van der Waals surface area contributed by atoms with Crippen LogP contribution in [0.3, 0.4) is 0 Å². The number of hydrogen-bond donors (Lipinski definition) is 0. The molecule has 3 heteroatoms. The molecule has 0 aliphatic heterocycles. The fourth-order valence-corrected chi connectivity index (χ4v) is 6.89. The highest BCUT2D eigenvalue weighted by Crippen LogP contribution is 2.40. The largest absolute Gasteiger partial charge is 0.497 e. The van der Waals surface area contributed by atoms with Crippen molar-refractivity contribution in [2.75, 3.05) is 7.11 Å². The molecule has 6 aromatic carbocycles. The molecule has 0 bridgehead atoms. The molecule has 0 radical (unpaired) electrons. The van der Waals surface area contributed by atoms with Gasteiger partial charge < -0.3 is 4.74 Å². The Morgan fingerprint density at radius 1 is 0.460 bits per heavy atom. The third-order valence-electron chi connectivity index (χ3n) is 9.96. The Kier molecular flexibility index (Phi) is 7.97. The van der Waals surface area contributed by atoms with Crippen molar-refractivity contribution >= 4 is 21.8 Å². The number of benzene rings is 6. The number of aryl methyl sites for hydroxylation is 1. The molecule has 0 aliphatic carbocycles. The molecule has 0 atom stereocenters. The molecular formula is C47H38N2O. The Hall–Kier alpha value is -6.06. The number of nitrogens with zero attached hydrogens (tertiary/aromatic N) is 2. The molecule has 0 unspecified atom stereocenters. The molecule has 0 saturated carbocycles. The van der Waals surface area contributed by atoms with Crippen LogP contribution >= 0.6 is 0 Å². The van der Waals surface area contributed by atoms with Crippen LogP contribution in [0.1, 0.15) is 30.5 Å². The molecule has 0 saturated heterocycles. The SMILES string of the molecule is COc1ccc(-c2cc(-c3ccccc3)c3cc(C(C)(C)c4ccc5nc(-c6ccc(C)cc6)cc(-c6ccccc6)c5c4)ccc3n2)cc1. The van der Waals surface area contributed by atoms with Crippen LogP contribution in [0.15, 0.2) is 158 Å². The Morgan fingerprint density at radius 3 is 1.34 bits per heavy atom. The number of aromatic nitrogens is 2. The van der Waals surface area contributed by atoms with E-state index in [9.17, 15) is 0 Å². The van der Waals surface area contributed by atoms with Crippen LogP contribution in [0.4, 0.5) is 0 Å². The molecule has 0 N–H and O–H groups in total. The minimum Gasteiger partial charge on any atom is -0.497 e. The van der Waals surface area contributed by atoms with Crippen molar-refractivity contribution in [2.24, 2.45) is 0 Å². The van der Waals surface area contributed by atoms with Gasteiger partial charge in [0.25, 0.3) is 0 Å². The number of hydrogen-bond acceptors (Lipinski definition) is 3. The predicted octanol–water partition coefficient (Wildman–Crippen LogP) is 12.1. The van der Waals surface area contributed by atoms with Crippen molar-refractivity contribution in [1.82, 2.24) is 9.97 Å². The van der Waals surface area contributed by atoms with Crippen LogP contribution in [0.2, 0.25) is 0 Å². The topological polar surface area (TPSA) is 35.0 Å². The first-order valence-corrected chi connectivity index (χ1v) is 17.1. The maximum absolute atomic E-state index is 5.41.